The standard InChI is InChI=1S/C25H24N2O2/c1-18-12-14-21(15-13-18)27-23(28)22-11-7-6-10-20(22)16-25(27,2)24(29)26-17-19-8-4-3-5-9-19/h3-15H,16-17H2,1-2H3,(H,26,29)/t25-/m1/s1. The monoisotopic (exact) mass is 384 g/mol. The molecule has 0 spiro atoms. The van der Waals surface area contributed by atoms with Crippen LogP contribution in [0.15, 0.2) is 78.9 Å². The highest BCUT2D eigenvalue weighted by Crippen LogP contribution is 2.35. The molecule has 4 heteroatoms. The lowest BCUT2D eigenvalue weighted by molar-refractivity contribution is -0.126. The van der Waals surface area contributed by atoms with Crippen molar-refractivity contribution in [2.24, 2.45) is 0 Å². The van der Waals surface area contributed by atoms with Crippen LogP contribution in [0.5, 0.6) is 0 Å². The molecule has 2 amide bonds. The summed E-state index contributed by atoms with van der Waals surface area (Å²) in [4.78, 5) is 28.5. The molecule has 4 rings (SSSR count). The van der Waals surface area contributed by atoms with E-state index in [1.807, 2.05) is 92.7 Å². The first-order valence-corrected chi connectivity index (χ1v) is 9.80. The summed E-state index contributed by atoms with van der Waals surface area (Å²) < 4.78 is 0. The van der Waals surface area contributed by atoms with Gasteiger partial charge in [0.15, 0.2) is 0 Å². The van der Waals surface area contributed by atoms with Gasteiger partial charge in [0, 0.05) is 24.2 Å². The fraction of sp³-hybridized carbons (Fsp3) is 0.200. The summed E-state index contributed by atoms with van der Waals surface area (Å²) in [5.74, 6) is -0.308. The molecule has 1 N–H and O–H groups in total. The zero-order valence-corrected chi connectivity index (χ0v) is 16.7. The third-order valence-electron chi connectivity index (χ3n) is 5.56. The SMILES string of the molecule is Cc1ccc(N2C(=O)c3ccccc3C[C@]2(C)C(=O)NCc2ccccc2)cc1. The molecule has 0 radical (unpaired) electrons. The molecular formula is C25H24N2O2. The zero-order valence-electron chi connectivity index (χ0n) is 16.7. The van der Waals surface area contributed by atoms with Gasteiger partial charge >= 0.3 is 0 Å². The predicted octanol–water partition coefficient (Wildman–Crippen LogP) is 4.27. The number of nitrogens with one attached hydrogen (secondary N) is 1. The van der Waals surface area contributed by atoms with Gasteiger partial charge in [0.2, 0.25) is 5.91 Å². The highest BCUT2D eigenvalue weighted by Gasteiger charge is 2.47. The zero-order chi connectivity index (χ0) is 20.4. The Balaban J connectivity index is 1.71. The Morgan fingerprint density at radius 3 is 2.34 bits per heavy atom. The number of anilines is 1. The molecule has 1 aliphatic heterocycles. The maximum Gasteiger partial charge on any atom is 0.259 e. The van der Waals surface area contributed by atoms with Gasteiger partial charge in [-0.2, -0.15) is 0 Å². The summed E-state index contributed by atoms with van der Waals surface area (Å²) in [5.41, 5.74) is 3.39. The number of carbonyl (C=O) groups is 2. The van der Waals surface area contributed by atoms with Crippen LogP contribution in [-0.2, 0) is 17.8 Å². The van der Waals surface area contributed by atoms with Gasteiger partial charge in [-0.05, 0) is 43.2 Å². The molecule has 0 aromatic heterocycles. The molecule has 29 heavy (non-hydrogen) atoms. The van der Waals surface area contributed by atoms with Crippen molar-refractivity contribution in [2.45, 2.75) is 32.4 Å². The van der Waals surface area contributed by atoms with Crippen molar-refractivity contribution in [1.29, 1.82) is 0 Å². The minimum absolute atomic E-state index is 0.145. The highest BCUT2D eigenvalue weighted by molar-refractivity contribution is 6.14. The smallest absolute Gasteiger partial charge is 0.259 e. The number of nitrogens with zero attached hydrogens (tertiary/aromatic N) is 1. The van der Waals surface area contributed by atoms with Gasteiger partial charge in [-0.25, -0.2) is 0 Å². The normalized spacial score (nSPS) is 18.3. The minimum Gasteiger partial charge on any atom is -0.350 e. The Kier molecular flexibility index (Phi) is 4.93. The van der Waals surface area contributed by atoms with E-state index in [1.165, 1.54) is 0 Å². The van der Waals surface area contributed by atoms with E-state index in [2.05, 4.69) is 5.32 Å². The summed E-state index contributed by atoms with van der Waals surface area (Å²) in [7, 11) is 0. The summed E-state index contributed by atoms with van der Waals surface area (Å²) in [5, 5.41) is 3.04. The molecule has 0 fully saturated rings. The second-order valence-electron chi connectivity index (χ2n) is 7.75. The van der Waals surface area contributed by atoms with Crippen LogP contribution in [0.25, 0.3) is 0 Å². The van der Waals surface area contributed by atoms with Gasteiger partial charge < -0.3 is 5.32 Å². The first kappa shape index (κ1) is 18.9. The number of aryl methyl sites for hydroxylation is 1. The van der Waals surface area contributed by atoms with E-state index in [1.54, 1.807) is 4.90 Å². The lowest BCUT2D eigenvalue weighted by Gasteiger charge is -2.44. The van der Waals surface area contributed by atoms with Crippen LogP contribution in [0.4, 0.5) is 5.69 Å². The number of carbonyl (C=O) groups excluding carboxylic acids is 2. The second-order valence-corrected chi connectivity index (χ2v) is 7.75. The fourth-order valence-corrected chi connectivity index (χ4v) is 3.92. The summed E-state index contributed by atoms with van der Waals surface area (Å²) in [6, 6.07) is 25.1. The van der Waals surface area contributed by atoms with Crippen molar-refractivity contribution in [3.63, 3.8) is 0 Å². The minimum atomic E-state index is -1.02. The predicted molar refractivity (Wildman–Crippen MR) is 115 cm³/mol. The van der Waals surface area contributed by atoms with Gasteiger partial charge in [0.05, 0.1) is 0 Å². The van der Waals surface area contributed by atoms with Crippen LogP contribution < -0.4 is 10.2 Å². The Labute approximate surface area is 171 Å². The summed E-state index contributed by atoms with van der Waals surface area (Å²) >= 11 is 0. The van der Waals surface area contributed by atoms with Crippen LogP contribution in [0.3, 0.4) is 0 Å². The Morgan fingerprint density at radius 1 is 0.966 bits per heavy atom. The molecule has 0 saturated carbocycles. The molecule has 146 valence electrons. The van der Waals surface area contributed by atoms with E-state index in [0.717, 1.165) is 22.4 Å². The molecular weight excluding hydrogens is 360 g/mol. The number of rotatable bonds is 4. The maximum absolute atomic E-state index is 13.4. The third-order valence-corrected chi connectivity index (χ3v) is 5.56. The van der Waals surface area contributed by atoms with Crippen molar-refractivity contribution in [3.8, 4) is 0 Å². The van der Waals surface area contributed by atoms with E-state index in [0.29, 0.717) is 18.5 Å². The number of fused-ring (bicyclic) bond motifs is 1. The fourth-order valence-electron chi connectivity index (χ4n) is 3.92. The average molecular weight is 384 g/mol. The Morgan fingerprint density at radius 2 is 1.62 bits per heavy atom. The van der Waals surface area contributed by atoms with Gasteiger partial charge in [-0.1, -0.05) is 66.2 Å². The van der Waals surface area contributed by atoms with E-state index in [9.17, 15) is 9.59 Å². The number of amides is 2. The van der Waals surface area contributed by atoms with E-state index >= 15 is 0 Å². The molecule has 0 saturated heterocycles. The first-order chi connectivity index (χ1) is 14.0. The van der Waals surface area contributed by atoms with Crippen LogP contribution in [0, 0.1) is 6.92 Å². The van der Waals surface area contributed by atoms with Gasteiger partial charge in [0.1, 0.15) is 5.54 Å². The van der Waals surface area contributed by atoms with Crippen LogP contribution in [0.1, 0.15) is 34.0 Å². The molecule has 1 atom stereocenters. The lowest BCUT2D eigenvalue weighted by atomic mass is 9.82. The van der Waals surface area contributed by atoms with E-state index in [4.69, 9.17) is 0 Å². The van der Waals surface area contributed by atoms with E-state index < -0.39 is 5.54 Å². The van der Waals surface area contributed by atoms with Gasteiger partial charge in [0.25, 0.3) is 5.91 Å². The van der Waals surface area contributed by atoms with Gasteiger partial charge in [-0.3, -0.25) is 14.5 Å². The number of benzene rings is 3. The van der Waals surface area contributed by atoms with E-state index in [-0.39, 0.29) is 11.8 Å². The average Bonchev–Trinajstić information content (AvgIpc) is 2.74. The largest absolute Gasteiger partial charge is 0.350 e. The molecule has 0 bridgehead atoms. The number of hydrogen-bond donors (Lipinski definition) is 1. The van der Waals surface area contributed by atoms with Crippen molar-refractivity contribution in [3.05, 3.63) is 101 Å². The number of hydrogen-bond acceptors (Lipinski definition) is 2. The third kappa shape index (κ3) is 3.54. The Bertz CT molecular complexity index is 1040. The van der Waals surface area contributed by atoms with Crippen molar-refractivity contribution >= 4 is 17.5 Å². The maximum atomic E-state index is 13.4. The van der Waals surface area contributed by atoms with Gasteiger partial charge in [-0.15, -0.1) is 0 Å². The molecule has 1 aliphatic rings. The van der Waals surface area contributed by atoms with Crippen molar-refractivity contribution in [2.75, 3.05) is 4.90 Å². The van der Waals surface area contributed by atoms with Crippen molar-refractivity contribution < 1.29 is 9.59 Å². The van der Waals surface area contributed by atoms with Crippen LogP contribution in [0.2, 0.25) is 0 Å². The second kappa shape index (κ2) is 7.55. The topological polar surface area (TPSA) is 49.4 Å². The van der Waals surface area contributed by atoms with Crippen LogP contribution in [-0.4, -0.2) is 17.4 Å². The quantitative estimate of drug-likeness (QED) is 0.730. The lowest BCUT2D eigenvalue weighted by Crippen LogP contribution is -2.63. The molecule has 0 unspecified atom stereocenters. The molecule has 1 heterocycles. The van der Waals surface area contributed by atoms with Crippen LogP contribution >= 0.6 is 0 Å². The molecule has 4 nitrogen and oxygen atoms in total. The summed E-state index contributed by atoms with van der Waals surface area (Å²) in [6.07, 6.45) is 0.462. The molecule has 0 aliphatic carbocycles. The molecule has 3 aromatic carbocycles. The molecule has 3 aromatic rings. The highest BCUT2D eigenvalue weighted by atomic mass is 16.2. The van der Waals surface area contributed by atoms with Crippen molar-refractivity contribution in [1.82, 2.24) is 5.32 Å². The Hall–Kier alpha value is -3.40. The first-order valence-electron chi connectivity index (χ1n) is 9.80. The summed E-state index contributed by atoms with van der Waals surface area (Å²) in [6.45, 7) is 4.27.